The SMILES string of the molecule is COC(=O)C1CCC(N2C(=NC(=O)c3ccccc3)Cc3cnc(OCCN4CCCCC4)cc32)CC1. The molecule has 37 heavy (non-hydrogen) atoms. The van der Waals surface area contributed by atoms with Crippen molar-refractivity contribution >= 4 is 23.4 Å². The van der Waals surface area contributed by atoms with Gasteiger partial charge in [-0.3, -0.25) is 14.5 Å². The second-order valence-corrected chi connectivity index (χ2v) is 10.2. The van der Waals surface area contributed by atoms with Crippen LogP contribution in [0.5, 0.6) is 5.88 Å². The highest BCUT2D eigenvalue weighted by Crippen LogP contribution is 2.38. The maximum absolute atomic E-state index is 13.0. The van der Waals surface area contributed by atoms with Crippen LogP contribution >= 0.6 is 0 Å². The highest BCUT2D eigenvalue weighted by Gasteiger charge is 2.37. The minimum Gasteiger partial charge on any atom is -0.476 e. The molecule has 1 saturated carbocycles. The number of carbonyl (C=O) groups excluding carboxylic acids is 2. The van der Waals surface area contributed by atoms with Gasteiger partial charge in [0.2, 0.25) is 5.88 Å². The number of piperidine rings is 1. The van der Waals surface area contributed by atoms with Crippen LogP contribution in [0.3, 0.4) is 0 Å². The molecule has 2 fully saturated rings. The van der Waals surface area contributed by atoms with Crippen LogP contribution in [0.25, 0.3) is 0 Å². The average Bonchev–Trinajstić information content (AvgIpc) is 3.30. The number of esters is 1. The molecule has 0 N–H and O–H groups in total. The summed E-state index contributed by atoms with van der Waals surface area (Å²) in [7, 11) is 1.45. The van der Waals surface area contributed by atoms with Crippen LogP contribution in [-0.4, -0.2) is 67.0 Å². The van der Waals surface area contributed by atoms with Crippen LogP contribution in [0.2, 0.25) is 0 Å². The van der Waals surface area contributed by atoms with Crippen LogP contribution in [-0.2, 0) is 16.0 Å². The molecule has 0 radical (unpaired) electrons. The quantitative estimate of drug-likeness (QED) is 0.521. The molecule has 2 aromatic rings. The van der Waals surface area contributed by atoms with Gasteiger partial charge in [-0.2, -0.15) is 4.99 Å². The van der Waals surface area contributed by atoms with E-state index >= 15 is 0 Å². The molecule has 2 aliphatic heterocycles. The molecule has 1 aromatic heterocycles. The first-order valence-corrected chi connectivity index (χ1v) is 13.5. The van der Waals surface area contributed by atoms with Crippen molar-refractivity contribution in [3.8, 4) is 5.88 Å². The van der Waals surface area contributed by atoms with Crippen molar-refractivity contribution < 1.29 is 19.1 Å². The summed E-state index contributed by atoms with van der Waals surface area (Å²) in [6.45, 7) is 3.78. The fourth-order valence-electron chi connectivity index (χ4n) is 5.75. The maximum atomic E-state index is 13.0. The van der Waals surface area contributed by atoms with E-state index < -0.39 is 0 Å². The summed E-state index contributed by atoms with van der Waals surface area (Å²) in [5.41, 5.74) is 2.61. The zero-order valence-corrected chi connectivity index (χ0v) is 21.6. The smallest absolute Gasteiger partial charge is 0.308 e. The predicted octanol–water partition coefficient (Wildman–Crippen LogP) is 4.28. The summed E-state index contributed by atoms with van der Waals surface area (Å²) in [5.74, 6) is 0.877. The monoisotopic (exact) mass is 504 g/mol. The number of fused-ring (bicyclic) bond motifs is 1. The van der Waals surface area contributed by atoms with Crippen LogP contribution in [0.1, 0.15) is 60.9 Å². The number of benzene rings is 1. The first-order valence-electron chi connectivity index (χ1n) is 13.5. The summed E-state index contributed by atoms with van der Waals surface area (Å²) < 4.78 is 11.0. The number of hydrogen-bond donors (Lipinski definition) is 0. The summed E-state index contributed by atoms with van der Waals surface area (Å²) in [5, 5.41) is 0. The molecule has 0 atom stereocenters. The van der Waals surface area contributed by atoms with Gasteiger partial charge in [0.05, 0.1) is 18.7 Å². The summed E-state index contributed by atoms with van der Waals surface area (Å²) in [6, 6.07) is 11.3. The molecule has 1 aliphatic carbocycles. The van der Waals surface area contributed by atoms with Gasteiger partial charge in [-0.1, -0.05) is 24.6 Å². The van der Waals surface area contributed by atoms with Gasteiger partial charge in [-0.25, -0.2) is 4.98 Å². The molecule has 0 spiro atoms. The molecule has 3 heterocycles. The highest BCUT2D eigenvalue weighted by molar-refractivity contribution is 6.12. The Labute approximate surface area is 218 Å². The molecule has 1 aromatic carbocycles. The van der Waals surface area contributed by atoms with Gasteiger partial charge in [0, 0.05) is 42.4 Å². The minimum atomic E-state index is -0.248. The molecule has 3 aliphatic rings. The van der Waals surface area contributed by atoms with Crippen molar-refractivity contribution in [1.82, 2.24) is 9.88 Å². The Kier molecular flexibility index (Phi) is 8.14. The molecular weight excluding hydrogens is 468 g/mol. The molecule has 5 rings (SSSR count). The van der Waals surface area contributed by atoms with E-state index in [-0.39, 0.29) is 23.8 Å². The van der Waals surface area contributed by atoms with Gasteiger partial charge >= 0.3 is 5.97 Å². The lowest BCUT2D eigenvalue weighted by Gasteiger charge is -2.35. The van der Waals surface area contributed by atoms with E-state index in [1.807, 2.05) is 30.5 Å². The number of carbonyl (C=O) groups is 2. The van der Waals surface area contributed by atoms with Gasteiger partial charge in [0.1, 0.15) is 12.4 Å². The zero-order chi connectivity index (χ0) is 25.6. The molecular formula is C29H36N4O4. The summed E-state index contributed by atoms with van der Waals surface area (Å²) in [4.78, 5) is 38.9. The standard InChI is InChI=1S/C29H36N4O4/c1-36-29(35)22-10-12-24(13-11-22)33-25-19-27(37-17-16-32-14-6-3-7-15-32)30-20-23(25)18-26(33)31-28(34)21-8-4-2-5-9-21/h2,4-5,8-9,19-20,22,24H,3,6-7,10-18H2,1H3. The van der Waals surface area contributed by atoms with Gasteiger partial charge in [0.25, 0.3) is 5.91 Å². The van der Waals surface area contributed by atoms with Crippen molar-refractivity contribution in [2.24, 2.45) is 10.9 Å². The lowest BCUT2D eigenvalue weighted by atomic mass is 9.85. The lowest BCUT2D eigenvalue weighted by molar-refractivity contribution is -0.146. The zero-order valence-electron chi connectivity index (χ0n) is 21.6. The van der Waals surface area contributed by atoms with E-state index in [4.69, 9.17) is 9.47 Å². The fraction of sp³-hybridized carbons (Fsp3) is 0.517. The van der Waals surface area contributed by atoms with E-state index in [9.17, 15) is 9.59 Å². The topological polar surface area (TPSA) is 84.3 Å². The molecule has 8 heteroatoms. The van der Waals surface area contributed by atoms with E-state index in [1.165, 1.54) is 26.4 Å². The third-order valence-electron chi connectivity index (χ3n) is 7.78. The Balaban J connectivity index is 1.35. The number of amidine groups is 1. The number of aromatic nitrogens is 1. The highest BCUT2D eigenvalue weighted by atomic mass is 16.5. The van der Waals surface area contributed by atoms with Crippen molar-refractivity contribution in [3.63, 3.8) is 0 Å². The number of aliphatic imine (C=N–C) groups is 1. The Morgan fingerprint density at radius 3 is 2.54 bits per heavy atom. The van der Waals surface area contributed by atoms with E-state index in [0.717, 1.165) is 62.4 Å². The molecule has 1 amide bonds. The van der Waals surface area contributed by atoms with Crippen LogP contribution in [0.4, 0.5) is 5.69 Å². The number of amides is 1. The first kappa shape index (κ1) is 25.4. The van der Waals surface area contributed by atoms with Crippen molar-refractivity contribution in [2.45, 2.75) is 57.4 Å². The number of hydrogen-bond acceptors (Lipinski definition) is 6. The number of pyridine rings is 1. The van der Waals surface area contributed by atoms with Crippen LogP contribution in [0.15, 0.2) is 47.6 Å². The Bertz CT molecular complexity index is 1120. The second kappa shape index (κ2) is 11.9. The van der Waals surface area contributed by atoms with Crippen molar-refractivity contribution in [3.05, 3.63) is 53.7 Å². The lowest BCUT2D eigenvalue weighted by Crippen LogP contribution is -2.41. The van der Waals surface area contributed by atoms with Crippen molar-refractivity contribution in [1.29, 1.82) is 0 Å². The average molecular weight is 505 g/mol. The summed E-state index contributed by atoms with van der Waals surface area (Å²) in [6.07, 6.45) is 9.40. The first-order chi connectivity index (χ1) is 18.1. The molecule has 8 nitrogen and oxygen atoms in total. The molecule has 0 unspecified atom stereocenters. The van der Waals surface area contributed by atoms with Crippen LogP contribution < -0.4 is 9.64 Å². The Hall–Kier alpha value is -3.26. The molecule has 196 valence electrons. The Morgan fingerprint density at radius 1 is 1.05 bits per heavy atom. The number of methoxy groups -OCH3 is 1. The van der Waals surface area contributed by atoms with E-state index in [1.54, 1.807) is 12.1 Å². The van der Waals surface area contributed by atoms with Gasteiger partial charge in [0.15, 0.2) is 0 Å². The fourth-order valence-corrected chi connectivity index (χ4v) is 5.75. The number of nitrogens with zero attached hydrogens (tertiary/aromatic N) is 4. The van der Waals surface area contributed by atoms with Gasteiger partial charge in [-0.15, -0.1) is 0 Å². The predicted molar refractivity (Wildman–Crippen MR) is 142 cm³/mol. The summed E-state index contributed by atoms with van der Waals surface area (Å²) >= 11 is 0. The van der Waals surface area contributed by atoms with Crippen LogP contribution in [0, 0.1) is 5.92 Å². The number of anilines is 1. The van der Waals surface area contributed by atoms with Gasteiger partial charge in [-0.05, 0) is 63.7 Å². The van der Waals surface area contributed by atoms with Crippen molar-refractivity contribution in [2.75, 3.05) is 38.3 Å². The Morgan fingerprint density at radius 2 is 1.81 bits per heavy atom. The number of ether oxygens (including phenoxy) is 2. The third kappa shape index (κ3) is 6.01. The largest absolute Gasteiger partial charge is 0.476 e. The molecule has 0 bridgehead atoms. The second-order valence-electron chi connectivity index (χ2n) is 10.2. The number of rotatable bonds is 7. The minimum absolute atomic E-state index is 0.0687. The van der Waals surface area contributed by atoms with Gasteiger partial charge < -0.3 is 14.4 Å². The maximum Gasteiger partial charge on any atom is 0.308 e. The normalized spacial score (nSPS) is 23.1. The van der Waals surface area contributed by atoms with E-state index in [0.29, 0.717) is 24.5 Å². The number of likely N-dealkylation sites (tertiary alicyclic amines) is 1. The molecule has 1 saturated heterocycles. The third-order valence-corrected chi connectivity index (χ3v) is 7.78. The van der Waals surface area contributed by atoms with E-state index in [2.05, 4.69) is 19.8 Å².